The number of sulfonamides is 1. The molecular formula is C39H34F7N9O4S. The van der Waals surface area contributed by atoms with E-state index in [9.17, 15) is 40.3 Å². The summed E-state index contributed by atoms with van der Waals surface area (Å²) in [5.41, 5.74) is -3.84. The van der Waals surface area contributed by atoms with E-state index < -0.39 is 94.1 Å². The number of carbonyl (C=O) groups is 1. The second-order valence-electron chi connectivity index (χ2n) is 14.7. The molecule has 7 rings (SSSR count). The fraction of sp³-hybridized carbons (Fsp3) is 0.308. The van der Waals surface area contributed by atoms with Crippen LogP contribution in [0.3, 0.4) is 0 Å². The summed E-state index contributed by atoms with van der Waals surface area (Å²) in [6.45, 7) is 1.73. The number of rotatable bonds is 10. The fourth-order valence-corrected chi connectivity index (χ4v) is 8.05. The van der Waals surface area contributed by atoms with Crippen molar-refractivity contribution >= 4 is 32.7 Å². The van der Waals surface area contributed by atoms with E-state index in [-0.39, 0.29) is 33.2 Å². The van der Waals surface area contributed by atoms with E-state index in [1.54, 1.807) is 31.3 Å². The molecule has 4 heterocycles. The number of aromatic nitrogens is 7. The minimum absolute atomic E-state index is 0.00441. The van der Waals surface area contributed by atoms with Crippen LogP contribution in [0.2, 0.25) is 0 Å². The lowest BCUT2D eigenvalue weighted by atomic mass is 9.93. The molecule has 0 spiro atoms. The van der Waals surface area contributed by atoms with Gasteiger partial charge in [0.25, 0.3) is 15.9 Å². The number of amides is 1. The van der Waals surface area contributed by atoms with Crippen LogP contribution in [0.1, 0.15) is 60.2 Å². The van der Waals surface area contributed by atoms with E-state index in [1.165, 1.54) is 42.5 Å². The molecule has 0 saturated heterocycles. The maximum Gasteiger partial charge on any atom is 0.435 e. The van der Waals surface area contributed by atoms with E-state index >= 15 is 8.78 Å². The number of hydrogen-bond donors (Lipinski definition) is 3. The molecule has 1 aliphatic rings. The van der Waals surface area contributed by atoms with Crippen LogP contribution in [0, 0.1) is 23.5 Å². The molecule has 0 unspecified atom stereocenters. The number of nitrogens with zero attached hydrogens (tertiary/aromatic N) is 7. The van der Waals surface area contributed by atoms with Crippen molar-refractivity contribution in [2.24, 2.45) is 14.1 Å². The van der Waals surface area contributed by atoms with Gasteiger partial charge in [-0.2, -0.15) is 37.2 Å². The minimum Gasteiger partial charge on any atom is -0.378 e. The first-order valence-electron chi connectivity index (χ1n) is 18.0. The molecule has 1 amide bonds. The molecule has 1 aliphatic carbocycles. The molecule has 0 bridgehead atoms. The molecule has 1 atom stereocenters. The first-order valence-corrected chi connectivity index (χ1v) is 19.5. The molecular weight excluding hydrogens is 824 g/mol. The highest BCUT2D eigenvalue weighted by molar-refractivity contribution is 7.92. The average molecular weight is 858 g/mol. The number of benzene rings is 2. The Morgan fingerprint density at radius 3 is 2.40 bits per heavy atom. The topological polar surface area (TPSA) is 162 Å². The SMILES string of the molecule is Cn1cc(S(=O)(=O)Nc2nn(C)c3c(-c4ccc(C#CC(C)(C)O)nc4[C@H](Cc4cc(F)cc(F)c4)NC(=O)Cn4nc(C(F)(F)F)c5c4C(F)(F)CC5)cccc23)cn1. The van der Waals surface area contributed by atoms with Crippen molar-refractivity contribution in [3.8, 4) is 23.0 Å². The van der Waals surface area contributed by atoms with Crippen LogP contribution in [0.4, 0.5) is 36.6 Å². The summed E-state index contributed by atoms with van der Waals surface area (Å²) in [4.78, 5) is 18.4. The highest BCUT2D eigenvalue weighted by Gasteiger charge is 2.50. The van der Waals surface area contributed by atoms with Crippen LogP contribution in [0.15, 0.2) is 65.8 Å². The lowest BCUT2D eigenvalue weighted by Gasteiger charge is -2.23. The van der Waals surface area contributed by atoms with E-state index in [0.29, 0.717) is 27.2 Å². The van der Waals surface area contributed by atoms with Crippen molar-refractivity contribution in [1.82, 2.24) is 39.6 Å². The number of pyridine rings is 1. The first-order chi connectivity index (χ1) is 28.0. The Morgan fingerprint density at radius 2 is 1.75 bits per heavy atom. The molecule has 314 valence electrons. The lowest BCUT2D eigenvalue weighted by Crippen LogP contribution is -2.35. The molecule has 0 saturated carbocycles. The van der Waals surface area contributed by atoms with Crippen LogP contribution in [-0.2, 0) is 60.4 Å². The summed E-state index contributed by atoms with van der Waals surface area (Å²) in [6, 6.07) is 9.01. The predicted molar refractivity (Wildman–Crippen MR) is 202 cm³/mol. The van der Waals surface area contributed by atoms with Gasteiger partial charge >= 0.3 is 6.18 Å². The molecule has 0 aliphatic heterocycles. The number of aryl methyl sites for hydroxylation is 2. The Bertz CT molecular complexity index is 2830. The lowest BCUT2D eigenvalue weighted by molar-refractivity contribution is -0.142. The zero-order valence-electron chi connectivity index (χ0n) is 32.0. The number of alkyl halides is 5. The Labute approximate surface area is 337 Å². The fourth-order valence-electron chi connectivity index (χ4n) is 7.05. The van der Waals surface area contributed by atoms with Gasteiger partial charge in [0.1, 0.15) is 40.1 Å². The zero-order chi connectivity index (χ0) is 43.5. The minimum atomic E-state index is -5.09. The van der Waals surface area contributed by atoms with Crippen molar-refractivity contribution in [1.29, 1.82) is 0 Å². The number of halogens is 7. The summed E-state index contributed by atoms with van der Waals surface area (Å²) in [5, 5.41) is 24.9. The quantitative estimate of drug-likeness (QED) is 0.113. The normalized spacial score (nSPS) is 14.5. The van der Waals surface area contributed by atoms with Crippen LogP contribution in [-0.4, -0.2) is 59.4 Å². The third-order valence-corrected chi connectivity index (χ3v) is 10.8. The van der Waals surface area contributed by atoms with Gasteiger partial charge in [-0.25, -0.2) is 22.2 Å². The van der Waals surface area contributed by atoms with Gasteiger partial charge in [-0.3, -0.25) is 23.6 Å². The number of aliphatic hydroxyl groups is 1. The third-order valence-electron chi connectivity index (χ3n) is 9.47. The number of fused-ring (bicyclic) bond motifs is 2. The third kappa shape index (κ3) is 8.56. The maximum atomic E-state index is 15.0. The summed E-state index contributed by atoms with van der Waals surface area (Å²) >= 11 is 0. The molecule has 3 N–H and O–H groups in total. The van der Waals surface area contributed by atoms with Crippen LogP contribution >= 0.6 is 0 Å². The molecule has 13 nitrogen and oxygen atoms in total. The molecule has 0 radical (unpaired) electrons. The maximum absolute atomic E-state index is 15.0. The van der Waals surface area contributed by atoms with Gasteiger partial charge in [0, 0.05) is 54.9 Å². The molecule has 4 aromatic heterocycles. The second-order valence-corrected chi connectivity index (χ2v) is 16.4. The molecule has 6 aromatic rings. The van der Waals surface area contributed by atoms with Crippen LogP contribution in [0.5, 0.6) is 0 Å². The standard InChI is InChI=1S/C39H34F7N9O4S/c1-37(2,57)12-10-24-8-9-26(27-6-5-7-28-33(27)54(4)51-36(28)52-60(58,59)25-18-47-53(3)19-25)32(48-24)30(16-21-14-22(40)17-23(41)15-21)49-31(56)20-55-35-29(11-13-38(35,42)43)34(50-55)39(44,45)46/h5-9,14-15,17-19,30,57H,11,13,16,20H2,1-4H3,(H,49,56)(H,51,52)/t30-/m0/s1. The van der Waals surface area contributed by atoms with E-state index in [2.05, 4.69) is 42.2 Å². The van der Waals surface area contributed by atoms with E-state index in [0.717, 1.165) is 18.3 Å². The van der Waals surface area contributed by atoms with Gasteiger partial charge in [-0.15, -0.1) is 0 Å². The van der Waals surface area contributed by atoms with Crippen molar-refractivity contribution in [2.45, 2.75) is 68.3 Å². The van der Waals surface area contributed by atoms with Crippen molar-refractivity contribution in [3.63, 3.8) is 0 Å². The molecule has 0 fully saturated rings. The van der Waals surface area contributed by atoms with Gasteiger partial charge in [-0.1, -0.05) is 18.1 Å². The monoisotopic (exact) mass is 857 g/mol. The Balaban J connectivity index is 1.37. The largest absolute Gasteiger partial charge is 0.435 e. The number of nitrogens with one attached hydrogen (secondary N) is 2. The van der Waals surface area contributed by atoms with Gasteiger partial charge < -0.3 is 10.4 Å². The highest BCUT2D eigenvalue weighted by Crippen LogP contribution is 2.46. The van der Waals surface area contributed by atoms with Gasteiger partial charge in [0.05, 0.1) is 23.4 Å². The Morgan fingerprint density at radius 1 is 1.03 bits per heavy atom. The van der Waals surface area contributed by atoms with Crippen molar-refractivity contribution in [2.75, 3.05) is 4.72 Å². The molecule has 2 aromatic carbocycles. The predicted octanol–water partition coefficient (Wildman–Crippen LogP) is 5.92. The number of anilines is 1. The second kappa shape index (κ2) is 15.1. The number of para-hydroxylation sites is 1. The van der Waals surface area contributed by atoms with Crippen LogP contribution < -0.4 is 10.0 Å². The first kappa shape index (κ1) is 41.9. The van der Waals surface area contributed by atoms with Crippen molar-refractivity contribution in [3.05, 3.63) is 106 Å². The summed E-state index contributed by atoms with van der Waals surface area (Å²) in [5.74, 6) is -1.48. The molecule has 60 heavy (non-hydrogen) atoms. The summed E-state index contributed by atoms with van der Waals surface area (Å²) < 4.78 is 133. The van der Waals surface area contributed by atoms with Crippen LogP contribution in [0.25, 0.3) is 22.0 Å². The average Bonchev–Trinajstić information content (AvgIpc) is 3.90. The van der Waals surface area contributed by atoms with Crippen molar-refractivity contribution < 1.29 is 49.1 Å². The Hall–Kier alpha value is -6.27. The summed E-state index contributed by atoms with van der Waals surface area (Å²) in [7, 11) is -1.10. The van der Waals surface area contributed by atoms with Gasteiger partial charge in [0.2, 0.25) is 5.91 Å². The smallest absolute Gasteiger partial charge is 0.378 e. The summed E-state index contributed by atoms with van der Waals surface area (Å²) in [6.07, 6.45) is -4.59. The highest BCUT2D eigenvalue weighted by atomic mass is 32.2. The molecule has 21 heteroatoms. The Kier molecular flexibility index (Phi) is 10.5. The zero-order valence-corrected chi connectivity index (χ0v) is 32.9. The van der Waals surface area contributed by atoms with Gasteiger partial charge in [0.15, 0.2) is 11.5 Å². The number of hydrogen-bond acceptors (Lipinski definition) is 8. The van der Waals surface area contributed by atoms with E-state index in [1.807, 2.05) is 0 Å². The number of carbonyl (C=O) groups excluding carboxylic acids is 1. The van der Waals surface area contributed by atoms with E-state index in [4.69, 9.17) is 0 Å². The van der Waals surface area contributed by atoms with Gasteiger partial charge in [-0.05, 0) is 68.5 Å².